The number of morpholine rings is 1. The van der Waals surface area contributed by atoms with Crippen molar-refractivity contribution in [3.05, 3.63) is 0 Å². The van der Waals surface area contributed by atoms with Crippen molar-refractivity contribution in [2.24, 2.45) is 5.92 Å². The van der Waals surface area contributed by atoms with Gasteiger partial charge in [-0.3, -0.25) is 4.79 Å². The van der Waals surface area contributed by atoms with Crippen molar-refractivity contribution < 1.29 is 14.6 Å². The second-order valence-electron chi connectivity index (χ2n) is 5.09. The molecule has 1 saturated heterocycles. The third-order valence-electron chi connectivity index (χ3n) is 3.03. The van der Waals surface area contributed by atoms with Gasteiger partial charge in [0.15, 0.2) is 0 Å². The number of rotatable bonds is 6. The molecule has 0 amide bonds. The highest BCUT2D eigenvalue weighted by molar-refractivity contribution is 5.73. The molecule has 0 saturated carbocycles. The topological polar surface area (TPSA) is 70.6 Å². The van der Waals surface area contributed by atoms with E-state index in [4.69, 9.17) is 9.84 Å². The highest BCUT2D eigenvalue weighted by Gasteiger charge is 2.24. The van der Waals surface area contributed by atoms with Gasteiger partial charge in [0, 0.05) is 18.6 Å². The molecule has 0 aromatic carbocycles. The van der Waals surface area contributed by atoms with Gasteiger partial charge >= 0.3 is 5.97 Å². The molecule has 100 valence electrons. The van der Waals surface area contributed by atoms with E-state index in [1.54, 1.807) is 0 Å². The van der Waals surface area contributed by atoms with Gasteiger partial charge in [0.1, 0.15) is 6.04 Å². The largest absolute Gasteiger partial charge is 0.480 e. The summed E-state index contributed by atoms with van der Waals surface area (Å²) in [6, 6.07) is 0.0140. The standard InChI is InChI=1S/C12H24N2O3/c1-8(2)11(12(15)16)14-9(3)6-10-7-17-5-4-13-10/h8-11,13-14H,4-7H2,1-3H3,(H,15,16). The van der Waals surface area contributed by atoms with Crippen LogP contribution in [0.5, 0.6) is 0 Å². The summed E-state index contributed by atoms with van der Waals surface area (Å²) in [6.07, 6.45) is 0.885. The van der Waals surface area contributed by atoms with E-state index in [0.717, 1.165) is 19.6 Å². The van der Waals surface area contributed by atoms with Crippen molar-refractivity contribution in [1.82, 2.24) is 10.6 Å². The molecule has 17 heavy (non-hydrogen) atoms. The molecule has 0 spiro atoms. The molecular formula is C12H24N2O3. The van der Waals surface area contributed by atoms with Crippen LogP contribution in [0.1, 0.15) is 27.2 Å². The van der Waals surface area contributed by atoms with E-state index in [1.807, 2.05) is 20.8 Å². The van der Waals surface area contributed by atoms with Gasteiger partial charge in [0.2, 0.25) is 0 Å². The molecule has 1 fully saturated rings. The third kappa shape index (κ3) is 5.02. The van der Waals surface area contributed by atoms with E-state index >= 15 is 0 Å². The number of ether oxygens (including phenoxy) is 1. The summed E-state index contributed by atoms with van der Waals surface area (Å²) in [4.78, 5) is 11.1. The molecule has 3 atom stereocenters. The van der Waals surface area contributed by atoms with Gasteiger partial charge in [-0.1, -0.05) is 13.8 Å². The van der Waals surface area contributed by atoms with Crippen molar-refractivity contribution in [3.8, 4) is 0 Å². The van der Waals surface area contributed by atoms with Crippen LogP contribution in [0.15, 0.2) is 0 Å². The molecule has 5 heteroatoms. The number of nitrogens with one attached hydrogen (secondary N) is 2. The van der Waals surface area contributed by atoms with E-state index in [1.165, 1.54) is 0 Å². The van der Waals surface area contributed by atoms with Crippen molar-refractivity contribution >= 4 is 5.97 Å². The van der Waals surface area contributed by atoms with Gasteiger partial charge in [0.05, 0.1) is 13.2 Å². The zero-order chi connectivity index (χ0) is 12.8. The highest BCUT2D eigenvalue weighted by atomic mass is 16.5. The Kier molecular flexibility index (Phi) is 5.88. The first kappa shape index (κ1) is 14.4. The Bertz CT molecular complexity index is 240. The number of carboxylic acids is 1. The summed E-state index contributed by atoms with van der Waals surface area (Å²) in [5, 5.41) is 15.6. The first-order valence-corrected chi connectivity index (χ1v) is 6.30. The number of hydrogen-bond donors (Lipinski definition) is 3. The first-order chi connectivity index (χ1) is 8.00. The van der Waals surface area contributed by atoms with Crippen molar-refractivity contribution in [2.75, 3.05) is 19.8 Å². The summed E-state index contributed by atoms with van der Waals surface area (Å²) in [7, 11) is 0. The van der Waals surface area contributed by atoms with E-state index in [-0.39, 0.29) is 12.0 Å². The average molecular weight is 244 g/mol. The quantitative estimate of drug-likeness (QED) is 0.633. The Morgan fingerprint density at radius 2 is 2.24 bits per heavy atom. The molecule has 0 bridgehead atoms. The molecule has 0 aliphatic carbocycles. The molecular weight excluding hydrogens is 220 g/mol. The van der Waals surface area contributed by atoms with Crippen LogP contribution in [0.25, 0.3) is 0 Å². The molecule has 1 rings (SSSR count). The van der Waals surface area contributed by atoms with Crippen LogP contribution in [0, 0.1) is 5.92 Å². The molecule has 1 heterocycles. The first-order valence-electron chi connectivity index (χ1n) is 6.30. The Hall–Kier alpha value is -0.650. The van der Waals surface area contributed by atoms with Gasteiger partial charge in [-0.15, -0.1) is 0 Å². The Balaban J connectivity index is 2.35. The maximum Gasteiger partial charge on any atom is 0.320 e. The molecule has 3 N–H and O–H groups in total. The number of carbonyl (C=O) groups is 1. The molecule has 5 nitrogen and oxygen atoms in total. The van der Waals surface area contributed by atoms with Crippen molar-refractivity contribution in [2.45, 2.75) is 45.3 Å². The SMILES string of the molecule is CC(CC1COCCN1)NC(C(=O)O)C(C)C. The van der Waals surface area contributed by atoms with Crippen LogP contribution in [0.2, 0.25) is 0 Å². The van der Waals surface area contributed by atoms with Crippen LogP contribution in [0.3, 0.4) is 0 Å². The van der Waals surface area contributed by atoms with Gasteiger partial charge in [0.25, 0.3) is 0 Å². The lowest BCUT2D eigenvalue weighted by atomic mass is 10.0. The molecule has 0 aromatic rings. The zero-order valence-electron chi connectivity index (χ0n) is 10.9. The van der Waals surface area contributed by atoms with Crippen LogP contribution in [0.4, 0.5) is 0 Å². The van der Waals surface area contributed by atoms with Gasteiger partial charge in [-0.05, 0) is 19.3 Å². The lowest BCUT2D eigenvalue weighted by Gasteiger charge is -2.29. The normalized spacial score (nSPS) is 24.6. The summed E-state index contributed by atoms with van der Waals surface area (Å²) >= 11 is 0. The van der Waals surface area contributed by atoms with E-state index in [2.05, 4.69) is 10.6 Å². The van der Waals surface area contributed by atoms with Gasteiger partial charge < -0.3 is 20.5 Å². The van der Waals surface area contributed by atoms with Gasteiger partial charge in [-0.2, -0.15) is 0 Å². The summed E-state index contributed by atoms with van der Waals surface area (Å²) in [5.74, 6) is -0.690. The molecule has 0 radical (unpaired) electrons. The lowest BCUT2D eigenvalue weighted by Crippen LogP contribution is -2.49. The number of aliphatic carboxylic acids is 1. The minimum atomic E-state index is -0.778. The molecule has 3 unspecified atom stereocenters. The Labute approximate surface area is 103 Å². The Morgan fingerprint density at radius 3 is 2.71 bits per heavy atom. The fourth-order valence-electron chi connectivity index (χ4n) is 2.12. The highest BCUT2D eigenvalue weighted by Crippen LogP contribution is 2.07. The average Bonchev–Trinajstić information content (AvgIpc) is 2.26. The monoisotopic (exact) mass is 244 g/mol. The minimum Gasteiger partial charge on any atom is -0.480 e. The smallest absolute Gasteiger partial charge is 0.320 e. The van der Waals surface area contributed by atoms with Crippen LogP contribution in [-0.4, -0.2) is 49.0 Å². The number of hydrogen-bond acceptors (Lipinski definition) is 4. The maximum absolute atomic E-state index is 11.1. The maximum atomic E-state index is 11.1. The van der Waals surface area contributed by atoms with Gasteiger partial charge in [-0.25, -0.2) is 0 Å². The molecule has 1 aliphatic rings. The van der Waals surface area contributed by atoms with Crippen LogP contribution < -0.4 is 10.6 Å². The molecule has 1 aliphatic heterocycles. The summed E-state index contributed by atoms with van der Waals surface area (Å²) in [5.41, 5.74) is 0. The van der Waals surface area contributed by atoms with Crippen molar-refractivity contribution in [1.29, 1.82) is 0 Å². The predicted molar refractivity (Wildman–Crippen MR) is 66.1 cm³/mol. The van der Waals surface area contributed by atoms with E-state index in [0.29, 0.717) is 12.6 Å². The fraction of sp³-hybridized carbons (Fsp3) is 0.917. The predicted octanol–water partition coefficient (Wildman–Crippen LogP) is 0.452. The summed E-state index contributed by atoms with van der Waals surface area (Å²) < 4.78 is 5.38. The van der Waals surface area contributed by atoms with Crippen molar-refractivity contribution in [3.63, 3.8) is 0 Å². The Morgan fingerprint density at radius 1 is 1.53 bits per heavy atom. The van der Waals surface area contributed by atoms with E-state index < -0.39 is 12.0 Å². The second kappa shape index (κ2) is 6.93. The third-order valence-corrected chi connectivity index (χ3v) is 3.03. The second-order valence-corrected chi connectivity index (χ2v) is 5.09. The summed E-state index contributed by atoms with van der Waals surface area (Å²) in [6.45, 7) is 8.22. The van der Waals surface area contributed by atoms with Crippen LogP contribution >= 0.6 is 0 Å². The lowest BCUT2D eigenvalue weighted by molar-refractivity contribution is -0.140. The minimum absolute atomic E-state index is 0.0884. The van der Waals surface area contributed by atoms with Crippen LogP contribution in [-0.2, 0) is 9.53 Å². The zero-order valence-corrected chi connectivity index (χ0v) is 10.9. The number of carboxylic acid groups (broad SMARTS) is 1. The van der Waals surface area contributed by atoms with E-state index in [9.17, 15) is 4.79 Å². The molecule has 0 aromatic heterocycles. The fourth-order valence-corrected chi connectivity index (χ4v) is 2.12.